The number of aromatic hydroxyl groups is 1. The van der Waals surface area contributed by atoms with Gasteiger partial charge >= 0.3 is 5.97 Å². The van der Waals surface area contributed by atoms with E-state index >= 15 is 0 Å². The van der Waals surface area contributed by atoms with E-state index in [0.717, 1.165) is 0 Å². The molecule has 0 heterocycles. The molecule has 0 aromatic heterocycles. The lowest BCUT2D eigenvalue weighted by Crippen LogP contribution is -2.56. The van der Waals surface area contributed by atoms with Crippen LogP contribution in [0, 0.1) is 0 Å². The SMILES string of the molecule is CC(NC(=O)C(CCCCN)NC(=O)C(N)CC(N)=O)C(=O)NC(Cc1ccc(O)cc1)C(=O)O. The molecule has 0 aliphatic rings. The maximum absolute atomic E-state index is 12.8. The number of nitrogens with one attached hydrogen (secondary N) is 3. The number of nitrogens with two attached hydrogens (primary N) is 3. The van der Waals surface area contributed by atoms with Gasteiger partial charge in [-0.05, 0) is 50.4 Å². The van der Waals surface area contributed by atoms with Gasteiger partial charge in [-0.15, -0.1) is 0 Å². The van der Waals surface area contributed by atoms with Gasteiger partial charge in [-0.2, -0.15) is 0 Å². The third kappa shape index (κ3) is 10.8. The predicted molar refractivity (Wildman–Crippen MR) is 126 cm³/mol. The van der Waals surface area contributed by atoms with Gasteiger partial charge in [0, 0.05) is 6.42 Å². The van der Waals surface area contributed by atoms with Crippen molar-refractivity contribution in [2.24, 2.45) is 17.2 Å². The maximum atomic E-state index is 12.8. The van der Waals surface area contributed by atoms with Crippen molar-refractivity contribution in [1.29, 1.82) is 0 Å². The number of phenols is 1. The minimum absolute atomic E-state index is 0.0182. The number of unbranched alkanes of at least 4 members (excludes halogenated alkanes) is 1. The van der Waals surface area contributed by atoms with Crippen molar-refractivity contribution in [3.05, 3.63) is 29.8 Å². The number of hydrogen-bond donors (Lipinski definition) is 8. The number of aliphatic carboxylic acids is 1. The molecule has 0 aliphatic heterocycles. The lowest BCUT2D eigenvalue weighted by atomic mass is 10.0. The first-order valence-electron chi connectivity index (χ1n) is 11.1. The topological polar surface area (TPSA) is 240 Å². The second kappa shape index (κ2) is 14.5. The Kier molecular flexibility index (Phi) is 12.2. The molecule has 1 aromatic carbocycles. The first-order chi connectivity index (χ1) is 16.4. The molecule has 4 unspecified atom stereocenters. The zero-order chi connectivity index (χ0) is 26.5. The van der Waals surface area contributed by atoms with Crippen LogP contribution in [0.3, 0.4) is 0 Å². The van der Waals surface area contributed by atoms with Crippen LogP contribution in [0.1, 0.15) is 38.2 Å². The molecule has 0 radical (unpaired) electrons. The average Bonchev–Trinajstić information content (AvgIpc) is 2.78. The number of benzene rings is 1. The Balaban J connectivity index is 2.79. The van der Waals surface area contributed by atoms with Gasteiger partial charge in [0.15, 0.2) is 0 Å². The van der Waals surface area contributed by atoms with Gasteiger partial charge in [0.2, 0.25) is 23.6 Å². The van der Waals surface area contributed by atoms with Gasteiger partial charge < -0.3 is 43.4 Å². The first-order valence-corrected chi connectivity index (χ1v) is 11.1. The van der Waals surface area contributed by atoms with E-state index in [1.165, 1.54) is 31.2 Å². The molecule has 4 amide bonds. The molecule has 0 fully saturated rings. The Bertz CT molecular complexity index is 893. The summed E-state index contributed by atoms with van der Waals surface area (Å²) < 4.78 is 0. The number of carboxylic acid groups (broad SMARTS) is 1. The van der Waals surface area contributed by atoms with E-state index in [2.05, 4.69) is 16.0 Å². The summed E-state index contributed by atoms with van der Waals surface area (Å²) in [5, 5.41) is 26.1. The molecular weight excluding hydrogens is 460 g/mol. The molecule has 13 nitrogen and oxygen atoms in total. The van der Waals surface area contributed by atoms with E-state index in [0.29, 0.717) is 24.9 Å². The fourth-order valence-electron chi connectivity index (χ4n) is 3.09. The van der Waals surface area contributed by atoms with Crippen LogP contribution in [0.4, 0.5) is 0 Å². The summed E-state index contributed by atoms with van der Waals surface area (Å²) in [5.74, 6) is -4.22. The van der Waals surface area contributed by atoms with E-state index in [1.54, 1.807) is 0 Å². The van der Waals surface area contributed by atoms with Gasteiger partial charge in [0.05, 0.1) is 12.5 Å². The summed E-state index contributed by atoms with van der Waals surface area (Å²) in [5.41, 5.74) is 16.7. The number of hydrogen-bond acceptors (Lipinski definition) is 8. The molecule has 35 heavy (non-hydrogen) atoms. The van der Waals surface area contributed by atoms with Crippen LogP contribution >= 0.6 is 0 Å². The van der Waals surface area contributed by atoms with Crippen molar-refractivity contribution < 1.29 is 34.2 Å². The molecule has 11 N–H and O–H groups in total. The highest BCUT2D eigenvalue weighted by Gasteiger charge is 2.28. The summed E-state index contributed by atoms with van der Waals surface area (Å²) in [4.78, 5) is 60.2. The van der Waals surface area contributed by atoms with Gasteiger partial charge in [0.25, 0.3) is 0 Å². The Hall–Kier alpha value is -3.71. The molecule has 4 atom stereocenters. The number of rotatable bonds is 15. The van der Waals surface area contributed by atoms with Crippen molar-refractivity contribution in [2.45, 2.75) is 63.2 Å². The normalized spacial score (nSPS) is 14.1. The summed E-state index contributed by atoms with van der Waals surface area (Å²) in [7, 11) is 0. The number of amides is 4. The molecule has 0 spiro atoms. The van der Waals surface area contributed by atoms with Gasteiger partial charge in [-0.1, -0.05) is 12.1 Å². The monoisotopic (exact) mass is 494 g/mol. The van der Waals surface area contributed by atoms with Crippen LogP contribution in [-0.4, -0.2) is 70.5 Å². The largest absolute Gasteiger partial charge is 0.508 e. The summed E-state index contributed by atoms with van der Waals surface area (Å²) in [6.07, 6.45) is 0.830. The molecule has 13 heteroatoms. The Morgan fingerprint density at radius 1 is 0.914 bits per heavy atom. The standard InChI is InChI=1S/C22H34N6O7/c1-12(19(31)28-17(22(34)35)10-13-5-7-14(29)8-6-13)26-21(33)16(4-2-3-9-23)27-20(32)15(24)11-18(25)30/h5-8,12,15-17,29H,2-4,9-11,23-24H2,1H3,(H2,25,30)(H,26,33)(H,27,32)(H,28,31)(H,34,35). The predicted octanol–water partition coefficient (Wildman–Crippen LogP) is -2.17. The Morgan fingerprint density at radius 3 is 2.06 bits per heavy atom. The Labute approximate surface area is 202 Å². The molecule has 194 valence electrons. The maximum Gasteiger partial charge on any atom is 0.326 e. The van der Waals surface area contributed by atoms with Crippen molar-refractivity contribution >= 4 is 29.6 Å². The van der Waals surface area contributed by atoms with Crippen LogP contribution < -0.4 is 33.2 Å². The zero-order valence-electron chi connectivity index (χ0n) is 19.5. The zero-order valence-corrected chi connectivity index (χ0v) is 19.5. The van der Waals surface area contributed by atoms with Gasteiger partial charge in [-0.3, -0.25) is 19.2 Å². The smallest absolute Gasteiger partial charge is 0.326 e. The van der Waals surface area contributed by atoms with Crippen molar-refractivity contribution in [3.63, 3.8) is 0 Å². The van der Waals surface area contributed by atoms with Crippen molar-refractivity contribution in [2.75, 3.05) is 6.54 Å². The number of phenolic OH excluding ortho intramolecular Hbond substituents is 1. The van der Waals surface area contributed by atoms with Crippen molar-refractivity contribution in [3.8, 4) is 5.75 Å². The lowest BCUT2D eigenvalue weighted by Gasteiger charge is -2.23. The van der Waals surface area contributed by atoms with Crippen LogP contribution in [0.2, 0.25) is 0 Å². The van der Waals surface area contributed by atoms with Crippen LogP contribution in [-0.2, 0) is 30.4 Å². The molecule has 1 rings (SSSR count). The highest BCUT2D eigenvalue weighted by Crippen LogP contribution is 2.11. The lowest BCUT2D eigenvalue weighted by molar-refractivity contribution is -0.142. The minimum atomic E-state index is -1.28. The second-order valence-corrected chi connectivity index (χ2v) is 8.12. The van der Waals surface area contributed by atoms with E-state index in [-0.39, 0.29) is 18.6 Å². The first kappa shape index (κ1) is 29.3. The number of carbonyl (C=O) groups excluding carboxylic acids is 4. The fraction of sp³-hybridized carbons (Fsp3) is 0.500. The second-order valence-electron chi connectivity index (χ2n) is 8.12. The van der Waals surface area contributed by atoms with E-state index in [4.69, 9.17) is 17.2 Å². The highest BCUT2D eigenvalue weighted by atomic mass is 16.4. The highest BCUT2D eigenvalue weighted by molar-refractivity contribution is 5.94. The Morgan fingerprint density at radius 2 is 1.51 bits per heavy atom. The van der Waals surface area contributed by atoms with Crippen LogP contribution in [0.15, 0.2) is 24.3 Å². The summed E-state index contributed by atoms with van der Waals surface area (Å²) in [6.45, 7) is 1.74. The quantitative estimate of drug-likeness (QED) is 0.123. The molecule has 1 aromatic rings. The molecular formula is C22H34N6O7. The fourth-order valence-corrected chi connectivity index (χ4v) is 3.09. The van der Waals surface area contributed by atoms with Gasteiger partial charge in [0.1, 0.15) is 23.9 Å². The van der Waals surface area contributed by atoms with Gasteiger partial charge in [-0.25, -0.2) is 4.79 Å². The third-order valence-corrected chi connectivity index (χ3v) is 5.08. The third-order valence-electron chi connectivity index (χ3n) is 5.08. The van der Waals surface area contributed by atoms with Crippen molar-refractivity contribution in [1.82, 2.24) is 16.0 Å². The van der Waals surface area contributed by atoms with E-state index in [9.17, 15) is 34.2 Å². The average molecular weight is 495 g/mol. The number of carboxylic acids is 1. The minimum Gasteiger partial charge on any atom is -0.508 e. The molecule has 0 aliphatic carbocycles. The van der Waals surface area contributed by atoms with Crippen LogP contribution in [0.25, 0.3) is 0 Å². The number of carbonyl (C=O) groups is 5. The molecule has 0 saturated heterocycles. The summed E-state index contributed by atoms with van der Waals surface area (Å²) in [6, 6.07) is 1.14. The number of primary amides is 1. The molecule has 0 saturated carbocycles. The molecule has 0 bridgehead atoms. The van der Waals surface area contributed by atoms with Crippen LogP contribution in [0.5, 0.6) is 5.75 Å². The summed E-state index contributed by atoms with van der Waals surface area (Å²) >= 11 is 0. The van der Waals surface area contributed by atoms with E-state index in [1.807, 2.05) is 0 Å². The van der Waals surface area contributed by atoms with E-state index < -0.39 is 60.2 Å².